The van der Waals surface area contributed by atoms with Gasteiger partial charge in [-0.1, -0.05) is 11.6 Å². The van der Waals surface area contributed by atoms with Crippen LogP contribution in [0.25, 0.3) is 0 Å². The molecule has 0 amide bonds. The van der Waals surface area contributed by atoms with Gasteiger partial charge in [-0.25, -0.2) is 0 Å². The molecule has 0 spiro atoms. The predicted molar refractivity (Wildman–Crippen MR) is 57.8 cm³/mol. The first-order valence-electron chi connectivity index (χ1n) is 3.74. The van der Waals surface area contributed by atoms with Crippen LogP contribution in [0.5, 0.6) is 0 Å². The molecule has 1 rings (SSSR count). The Labute approximate surface area is 90.6 Å². The summed E-state index contributed by atoms with van der Waals surface area (Å²) in [5.74, 6) is 0. The van der Waals surface area contributed by atoms with Crippen molar-refractivity contribution in [2.75, 3.05) is 5.32 Å². The van der Waals surface area contributed by atoms with Crippen LogP contribution in [-0.2, 0) is 0 Å². The molecule has 1 aromatic rings. The van der Waals surface area contributed by atoms with Gasteiger partial charge in [0.25, 0.3) is 0 Å². The van der Waals surface area contributed by atoms with Gasteiger partial charge in [-0.15, -0.1) is 0 Å². The molecule has 0 bridgehead atoms. The van der Waals surface area contributed by atoms with Crippen LogP contribution < -0.4 is 5.32 Å². The number of halogens is 2. The highest BCUT2D eigenvalue weighted by Gasteiger charge is 2.01. The van der Waals surface area contributed by atoms with E-state index < -0.39 is 0 Å². The second kappa shape index (κ2) is 4.50. The minimum Gasteiger partial charge on any atom is -0.370 e. The molecule has 0 aliphatic rings. The second-order valence-corrected chi connectivity index (χ2v) is 3.89. The Morgan fingerprint density at radius 3 is 2.85 bits per heavy atom. The Hall–Kier alpha value is -0.720. The summed E-state index contributed by atoms with van der Waals surface area (Å²) >= 11 is 9.16. The van der Waals surface area contributed by atoms with Crippen LogP contribution in [0.2, 0.25) is 5.02 Å². The molecule has 0 aliphatic heterocycles. The van der Waals surface area contributed by atoms with E-state index in [1.54, 1.807) is 13.0 Å². The lowest BCUT2D eigenvalue weighted by Gasteiger charge is -2.08. The van der Waals surface area contributed by atoms with E-state index in [-0.39, 0.29) is 6.04 Å². The van der Waals surface area contributed by atoms with Gasteiger partial charge in [-0.2, -0.15) is 5.26 Å². The Balaban J connectivity index is 2.81. The zero-order chi connectivity index (χ0) is 9.84. The summed E-state index contributed by atoms with van der Waals surface area (Å²) in [6.07, 6.45) is 0. The van der Waals surface area contributed by atoms with Crippen molar-refractivity contribution in [1.29, 1.82) is 5.26 Å². The van der Waals surface area contributed by atoms with Crippen LogP contribution in [0.1, 0.15) is 6.92 Å². The first-order valence-corrected chi connectivity index (χ1v) is 4.92. The van der Waals surface area contributed by atoms with Crippen LogP contribution in [0.3, 0.4) is 0 Å². The van der Waals surface area contributed by atoms with Gasteiger partial charge in [0, 0.05) is 10.2 Å². The van der Waals surface area contributed by atoms with Crippen LogP contribution in [0.4, 0.5) is 5.69 Å². The molecule has 0 fully saturated rings. The monoisotopic (exact) mass is 258 g/mol. The van der Waals surface area contributed by atoms with E-state index >= 15 is 0 Å². The molecule has 1 aromatic carbocycles. The summed E-state index contributed by atoms with van der Waals surface area (Å²) in [7, 11) is 0. The van der Waals surface area contributed by atoms with Gasteiger partial charge in [-0.3, -0.25) is 0 Å². The molecule has 0 radical (unpaired) electrons. The van der Waals surface area contributed by atoms with Gasteiger partial charge >= 0.3 is 0 Å². The first kappa shape index (κ1) is 10.4. The average molecular weight is 260 g/mol. The molecule has 0 heterocycles. The first-order chi connectivity index (χ1) is 6.13. The summed E-state index contributed by atoms with van der Waals surface area (Å²) in [4.78, 5) is 0. The van der Waals surface area contributed by atoms with Crippen LogP contribution in [-0.4, -0.2) is 6.04 Å². The lowest BCUT2D eigenvalue weighted by molar-refractivity contribution is 1.01. The number of nitrogens with zero attached hydrogens (tertiary/aromatic N) is 1. The van der Waals surface area contributed by atoms with Crippen molar-refractivity contribution >= 4 is 33.2 Å². The molecule has 13 heavy (non-hydrogen) atoms. The summed E-state index contributed by atoms with van der Waals surface area (Å²) in [5.41, 5.74) is 0.849. The molecular formula is C9H8BrClN2. The van der Waals surface area contributed by atoms with Crippen molar-refractivity contribution in [1.82, 2.24) is 0 Å². The van der Waals surface area contributed by atoms with Gasteiger partial charge in [0.2, 0.25) is 0 Å². The number of hydrogen-bond acceptors (Lipinski definition) is 2. The predicted octanol–water partition coefficient (Wildman–Crippen LogP) is 3.43. The molecule has 1 atom stereocenters. The smallest absolute Gasteiger partial charge is 0.111 e. The Morgan fingerprint density at radius 2 is 2.31 bits per heavy atom. The zero-order valence-electron chi connectivity index (χ0n) is 7.01. The van der Waals surface area contributed by atoms with Crippen molar-refractivity contribution in [3.8, 4) is 6.07 Å². The SMILES string of the molecule is CC(C#N)Nc1ccc(Br)c(Cl)c1. The summed E-state index contributed by atoms with van der Waals surface area (Å²) in [5, 5.41) is 12.2. The Kier molecular flexibility index (Phi) is 3.58. The summed E-state index contributed by atoms with van der Waals surface area (Å²) in [6.45, 7) is 1.79. The highest BCUT2D eigenvalue weighted by Crippen LogP contribution is 2.25. The maximum absolute atomic E-state index is 8.57. The van der Waals surface area contributed by atoms with E-state index in [1.807, 2.05) is 12.1 Å². The quantitative estimate of drug-likeness (QED) is 0.883. The van der Waals surface area contributed by atoms with E-state index in [0.717, 1.165) is 10.2 Å². The van der Waals surface area contributed by atoms with Crippen molar-refractivity contribution in [2.24, 2.45) is 0 Å². The third-order valence-electron chi connectivity index (χ3n) is 1.50. The fourth-order valence-electron chi connectivity index (χ4n) is 0.868. The maximum atomic E-state index is 8.57. The number of nitrogens with one attached hydrogen (secondary N) is 1. The molecule has 0 saturated heterocycles. The van der Waals surface area contributed by atoms with Gasteiger partial charge in [0.1, 0.15) is 6.04 Å². The standard InChI is InChI=1S/C9H8BrClN2/c1-6(5-12)13-7-2-3-8(10)9(11)4-7/h2-4,6,13H,1H3. The highest BCUT2D eigenvalue weighted by molar-refractivity contribution is 9.10. The molecule has 4 heteroatoms. The second-order valence-electron chi connectivity index (χ2n) is 2.62. The normalized spacial score (nSPS) is 11.8. The van der Waals surface area contributed by atoms with Crippen molar-refractivity contribution in [2.45, 2.75) is 13.0 Å². The van der Waals surface area contributed by atoms with Gasteiger partial charge in [-0.05, 0) is 41.1 Å². The van der Waals surface area contributed by atoms with Crippen LogP contribution in [0.15, 0.2) is 22.7 Å². The Bertz CT molecular complexity index is 346. The van der Waals surface area contributed by atoms with Crippen molar-refractivity contribution in [3.05, 3.63) is 27.7 Å². The molecule has 0 saturated carbocycles. The van der Waals surface area contributed by atoms with Gasteiger partial charge in [0.05, 0.1) is 11.1 Å². The third kappa shape index (κ3) is 2.91. The fourth-order valence-corrected chi connectivity index (χ4v) is 1.30. The lowest BCUT2D eigenvalue weighted by Crippen LogP contribution is -2.11. The molecule has 1 unspecified atom stereocenters. The topological polar surface area (TPSA) is 35.8 Å². The van der Waals surface area contributed by atoms with Gasteiger partial charge in [0.15, 0.2) is 0 Å². The van der Waals surface area contributed by atoms with Crippen molar-refractivity contribution in [3.63, 3.8) is 0 Å². The van der Waals surface area contributed by atoms with E-state index in [1.165, 1.54) is 0 Å². The number of benzene rings is 1. The minimum atomic E-state index is -0.211. The van der Waals surface area contributed by atoms with E-state index in [2.05, 4.69) is 27.3 Å². The molecular weight excluding hydrogens is 251 g/mol. The van der Waals surface area contributed by atoms with E-state index in [4.69, 9.17) is 16.9 Å². The van der Waals surface area contributed by atoms with E-state index in [9.17, 15) is 0 Å². The molecule has 1 N–H and O–H groups in total. The largest absolute Gasteiger partial charge is 0.370 e. The molecule has 0 aliphatic carbocycles. The van der Waals surface area contributed by atoms with Gasteiger partial charge < -0.3 is 5.32 Å². The zero-order valence-corrected chi connectivity index (χ0v) is 9.35. The average Bonchev–Trinajstić information content (AvgIpc) is 2.11. The van der Waals surface area contributed by atoms with Crippen molar-refractivity contribution < 1.29 is 0 Å². The molecule has 68 valence electrons. The van der Waals surface area contributed by atoms with Crippen LogP contribution >= 0.6 is 27.5 Å². The number of anilines is 1. The summed E-state index contributed by atoms with van der Waals surface area (Å²) < 4.78 is 0.851. The van der Waals surface area contributed by atoms with Crippen LogP contribution in [0, 0.1) is 11.3 Å². The number of hydrogen-bond donors (Lipinski definition) is 1. The third-order valence-corrected chi connectivity index (χ3v) is 2.73. The highest BCUT2D eigenvalue weighted by atomic mass is 79.9. The number of rotatable bonds is 2. The fraction of sp³-hybridized carbons (Fsp3) is 0.222. The lowest BCUT2D eigenvalue weighted by atomic mass is 10.3. The number of nitriles is 1. The maximum Gasteiger partial charge on any atom is 0.111 e. The minimum absolute atomic E-state index is 0.211. The Morgan fingerprint density at radius 1 is 1.62 bits per heavy atom. The molecule has 0 aromatic heterocycles. The summed E-state index contributed by atoms with van der Waals surface area (Å²) in [6, 6.07) is 7.35. The molecule has 2 nitrogen and oxygen atoms in total. The van der Waals surface area contributed by atoms with E-state index in [0.29, 0.717) is 5.02 Å².